The Morgan fingerprint density at radius 3 is 1.84 bits per heavy atom. The zero-order chi connectivity index (χ0) is 32.0. The molecule has 0 aromatic carbocycles. The van der Waals surface area contributed by atoms with E-state index in [1.807, 2.05) is 65.8 Å². The number of hydrogen-bond donors (Lipinski definition) is 4. The molecule has 2 aliphatic heterocycles. The van der Waals surface area contributed by atoms with Crippen molar-refractivity contribution in [1.82, 2.24) is 19.9 Å². The molecule has 2 atom stereocenters. The van der Waals surface area contributed by atoms with Crippen molar-refractivity contribution < 1.29 is 36.9 Å². The minimum absolute atomic E-state index is 0. The van der Waals surface area contributed by atoms with Crippen LogP contribution in [-0.2, 0) is 33.1 Å². The van der Waals surface area contributed by atoms with Crippen LogP contribution < -0.4 is 9.97 Å². The molecule has 5 heterocycles. The van der Waals surface area contributed by atoms with Crippen LogP contribution in [0.3, 0.4) is 0 Å². The van der Waals surface area contributed by atoms with Gasteiger partial charge >= 0.3 is 29.0 Å². The Kier molecular flexibility index (Phi) is 10.5. The van der Waals surface area contributed by atoms with E-state index in [9.17, 15) is 19.8 Å². The van der Waals surface area contributed by atoms with Crippen LogP contribution in [0.5, 0.6) is 0 Å². The van der Waals surface area contributed by atoms with Crippen molar-refractivity contribution >= 4 is 81.6 Å². The van der Waals surface area contributed by atoms with Gasteiger partial charge in [0.25, 0.3) is 0 Å². The molecule has 45 heavy (non-hydrogen) atoms. The van der Waals surface area contributed by atoms with Gasteiger partial charge < -0.3 is 20.2 Å². The van der Waals surface area contributed by atoms with Crippen LogP contribution in [-0.4, -0.2) is 37.4 Å². The second-order valence-corrected chi connectivity index (χ2v) is 13.1. The molecule has 8 nitrogen and oxygen atoms in total. The molecule has 0 spiro atoms. The van der Waals surface area contributed by atoms with Crippen LogP contribution >= 0.6 is 25.3 Å². The van der Waals surface area contributed by atoms with Crippen LogP contribution in [0.25, 0.3) is 44.4 Å². The van der Waals surface area contributed by atoms with Crippen molar-refractivity contribution in [1.29, 1.82) is 0 Å². The van der Waals surface area contributed by atoms with E-state index in [-0.39, 0.29) is 40.4 Å². The first kappa shape index (κ1) is 34.6. The summed E-state index contributed by atoms with van der Waals surface area (Å²) in [5.74, 6) is -1.79. The average Bonchev–Trinajstić information content (AvgIpc) is 3.59. The Bertz CT molecular complexity index is 1940. The molecule has 3 aromatic rings. The number of fused-ring (bicyclic) bond motifs is 8. The third kappa shape index (κ3) is 6.82. The minimum Gasteiger partial charge on any atom is -0.657 e. The number of aliphatic carboxylic acids is 2. The molecule has 2 aliphatic rings. The maximum atomic E-state index is 11.6. The van der Waals surface area contributed by atoms with Gasteiger partial charge in [0.05, 0.1) is 22.8 Å². The number of aromatic nitrogens is 4. The fourth-order valence-corrected chi connectivity index (χ4v) is 6.80. The molecule has 0 aliphatic carbocycles. The zero-order valence-corrected chi connectivity index (χ0v) is 28.9. The fourth-order valence-electron chi connectivity index (χ4n) is 6.15. The van der Waals surface area contributed by atoms with E-state index in [2.05, 4.69) is 0 Å². The predicted molar refractivity (Wildman–Crippen MR) is 182 cm³/mol. The van der Waals surface area contributed by atoms with E-state index in [0.29, 0.717) is 35.3 Å². The predicted octanol–water partition coefficient (Wildman–Crippen LogP) is 7.24. The molecule has 2 N–H and O–H groups in total. The topological polar surface area (TPSA) is 129 Å². The van der Waals surface area contributed by atoms with Crippen molar-refractivity contribution in [2.45, 2.75) is 77.7 Å². The quantitative estimate of drug-likeness (QED) is 0.145. The summed E-state index contributed by atoms with van der Waals surface area (Å²) in [6.45, 7) is 12.0. The van der Waals surface area contributed by atoms with E-state index in [4.69, 9.17) is 45.2 Å². The SMILES string of the molecule is CC1=C(CCC(=O)O)c2cc3[n-]c(cc4nc(cc5[n-]c(cc1n2)c(C)c5[C@H](C)S)C(C)=C4[C@@H](C)S)c(C)c3CCC(=O)O.[Fe+2]. The number of aryl methyl sites for hydroxylation is 3. The van der Waals surface area contributed by atoms with Crippen LogP contribution in [0.4, 0.5) is 0 Å². The van der Waals surface area contributed by atoms with E-state index < -0.39 is 11.9 Å². The van der Waals surface area contributed by atoms with Crippen molar-refractivity contribution in [3.05, 3.63) is 69.3 Å². The molecule has 236 valence electrons. The fraction of sp³-hybridized carbons (Fsp3) is 0.353. The first-order valence-corrected chi connectivity index (χ1v) is 15.6. The summed E-state index contributed by atoms with van der Waals surface area (Å²) < 4.78 is 0. The maximum absolute atomic E-state index is 11.6. The third-order valence-corrected chi connectivity index (χ3v) is 9.01. The normalized spacial score (nSPS) is 14.4. The Morgan fingerprint density at radius 1 is 0.711 bits per heavy atom. The van der Waals surface area contributed by atoms with Gasteiger partial charge in [-0.3, -0.25) is 9.59 Å². The van der Waals surface area contributed by atoms with E-state index in [1.54, 1.807) is 0 Å². The van der Waals surface area contributed by atoms with Gasteiger partial charge in [-0.2, -0.15) is 25.3 Å². The molecule has 0 unspecified atom stereocenters. The molecule has 0 amide bonds. The molecule has 0 radical (unpaired) electrons. The first-order valence-electron chi connectivity index (χ1n) is 14.6. The van der Waals surface area contributed by atoms with Gasteiger partial charge in [-0.1, -0.05) is 41.0 Å². The Hall–Kier alpha value is -3.24. The number of hydrogen-bond acceptors (Lipinski definition) is 6. The number of thiol groups is 2. The summed E-state index contributed by atoms with van der Waals surface area (Å²) in [4.78, 5) is 43.1. The van der Waals surface area contributed by atoms with E-state index in [0.717, 1.165) is 67.0 Å². The molecule has 0 saturated carbocycles. The van der Waals surface area contributed by atoms with Gasteiger partial charge in [0.1, 0.15) is 0 Å². The van der Waals surface area contributed by atoms with Gasteiger partial charge in [-0.05, 0) is 82.2 Å². The minimum atomic E-state index is -0.895. The Labute approximate surface area is 284 Å². The van der Waals surface area contributed by atoms with Gasteiger partial charge in [-0.15, -0.1) is 22.1 Å². The Morgan fingerprint density at radius 2 is 1.22 bits per heavy atom. The summed E-state index contributed by atoms with van der Waals surface area (Å²) >= 11 is 9.58. The van der Waals surface area contributed by atoms with Crippen molar-refractivity contribution in [3.63, 3.8) is 0 Å². The number of carboxylic acid groups (broad SMARTS) is 2. The van der Waals surface area contributed by atoms with E-state index in [1.165, 1.54) is 0 Å². The van der Waals surface area contributed by atoms with Gasteiger partial charge in [0, 0.05) is 23.3 Å². The van der Waals surface area contributed by atoms with E-state index >= 15 is 0 Å². The molecular weight excluding hydrogens is 648 g/mol. The standard InChI is InChI=1S/C34H38N4O4S2.Fe/c1-15-21(7-9-31(39)40)27-14-28-22(8-10-32(41)42)16(2)24(36-28)12-29-34(20(6)44)18(4)26(38-29)13-30-33(19(5)43)17(3)25(37-30)11-23(15)35-27;/h11-14,19-20H,7-10H2,1-6H3,(H6,35,36,37,38,39,40,41,42,43,44);/q;+2/p-2/t19-,20+;/m0./s1. The zero-order valence-electron chi connectivity index (χ0n) is 26.0. The number of allylic oxidation sites excluding steroid dienone is 3. The van der Waals surface area contributed by atoms with Gasteiger partial charge in [0.15, 0.2) is 0 Å². The van der Waals surface area contributed by atoms with Crippen LogP contribution in [0.15, 0.2) is 24.3 Å². The average molecular weight is 685 g/mol. The molecule has 0 fully saturated rings. The second kappa shape index (κ2) is 13.6. The van der Waals surface area contributed by atoms with Crippen LogP contribution in [0.1, 0.15) is 97.2 Å². The van der Waals surface area contributed by atoms with Crippen molar-refractivity contribution in [3.8, 4) is 0 Å². The number of rotatable bonds is 8. The molecule has 8 bridgehead atoms. The molecule has 5 rings (SSSR count). The summed E-state index contributed by atoms with van der Waals surface area (Å²) in [6.07, 6.45) is 0.495. The molecular formula is C34H36FeN4O4S2. The van der Waals surface area contributed by atoms with Crippen molar-refractivity contribution in [2.24, 2.45) is 0 Å². The summed E-state index contributed by atoms with van der Waals surface area (Å²) in [7, 11) is 0. The van der Waals surface area contributed by atoms with Crippen LogP contribution in [0.2, 0.25) is 0 Å². The van der Waals surface area contributed by atoms with Crippen molar-refractivity contribution in [2.75, 3.05) is 0 Å². The molecule has 3 aromatic heterocycles. The van der Waals surface area contributed by atoms with Gasteiger partial charge in [0.2, 0.25) is 0 Å². The largest absolute Gasteiger partial charge is 2.00 e. The number of carboxylic acids is 2. The Balaban J connectivity index is 0.00000461. The monoisotopic (exact) mass is 684 g/mol. The number of nitrogens with zero attached hydrogens (tertiary/aromatic N) is 4. The summed E-state index contributed by atoms with van der Waals surface area (Å²) in [6, 6.07) is 7.75. The summed E-state index contributed by atoms with van der Waals surface area (Å²) in [5, 5.41) is 18.8. The smallest absolute Gasteiger partial charge is 0.657 e. The number of carbonyl (C=O) groups is 2. The first-order chi connectivity index (χ1) is 20.8. The summed E-state index contributed by atoms with van der Waals surface area (Å²) in [5.41, 5.74) is 13.1. The van der Waals surface area contributed by atoms with Crippen LogP contribution in [0, 0.1) is 13.8 Å². The maximum Gasteiger partial charge on any atom is 2.00 e. The second-order valence-electron chi connectivity index (χ2n) is 11.5. The van der Waals surface area contributed by atoms with Gasteiger partial charge in [-0.25, -0.2) is 9.97 Å². The molecule has 11 heteroatoms. The molecule has 0 saturated heterocycles. The third-order valence-electron chi connectivity index (χ3n) is 8.49.